The molecule has 0 bridgehead atoms. The molecule has 0 aliphatic carbocycles. The van der Waals surface area contributed by atoms with Gasteiger partial charge in [0.1, 0.15) is 11.6 Å². The number of benzene rings is 2. The first-order valence-corrected chi connectivity index (χ1v) is 6.19. The third kappa shape index (κ3) is 4.05. The first kappa shape index (κ1) is 14.0. The second-order valence-electron chi connectivity index (χ2n) is 4.24. The lowest BCUT2D eigenvalue weighted by Crippen LogP contribution is -2.30. The molecule has 0 aromatic heterocycles. The minimum atomic E-state index is -0.485. The zero-order valence-corrected chi connectivity index (χ0v) is 10.7. The van der Waals surface area contributed by atoms with E-state index in [-0.39, 0.29) is 11.5 Å². The molecule has 0 aliphatic heterocycles. The molecule has 104 valence electrons. The fourth-order valence-electron chi connectivity index (χ4n) is 1.70. The van der Waals surface area contributed by atoms with Gasteiger partial charge in [-0.05, 0) is 36.2 Å². The Labute approximate surface area is 115 Å². The third-order valence-electron chi connectivity index (χ3n) is 2.73. The van der Waals surface area contributed by atoms with E-state index in [9.17, 15) is 13.6 Å². The summed E-state index contributed by atoms with van der Waals surface area (Å²) >= 11 is 0. The summed E-state index contributed by atoms with van der Waals surface area (Å²) in [6, 6.07) is 11.5. The molecule has 0 heterocycles. The third-order valence-corrected chi connectivity index (χ3v) is 2.73. The Balaban J connectivity index is 1.78. The number of hydrogen-bond acceptors (Lipinski definition) is 1. The molecule has 3 nitrogen and oxygen atoms in total. The zero-order chi connectivity index (χ0) is 14.4. The number of nitrogens with one attached hydrogen (secondary N) is 2. The summed E-state index contributed by atoms with van der Waals surface area (Å²) < 4.78 is 26.0. The van der Waals surface area contributed by atoms with Crippen LogP contribution >= 0.6 is 0 Å². The first-order valence-electron chi connectivity index (χ1n) is 6.19. The van der Waals surface area contributed by atoms with E-state index in [0.29, 0.717) is 13.0 Å². The predicted octanol–water partition coefficient (Wildman–Crippen LogP) is 3.33. The van der Waals surface area contributed by atoms with E-state index in [1.165, 1.54) is 24.3 Å². The molecule has 2 amide bonds. The Kier molecular flexibility index (Phi) is 4.65. The quantitative estimate of drug-likeness (QED) is 0.883. The average Bonchev–Trinajstić information content (AvgIpc) is 2.44. The normalized spacial score (nSPS) is 10.1. The van der Waals surface area contributed by atoms with Crippen molar-refractivity contribution in [1.29, 1.82) is 0 Å². The van der Waals surface area contributed by atoms with Crippen LogP contribution in [0.25, 0.3) is 0 Å². The largest absolute Gasteiger partial charge is 0.338 e. The molecule has 0 aliphatic rings. The maximum Gasteiger partial charge on any atom is 0.319 e. The smallest absolute Gasteiger partial charge is 0.319 e. The van der Waals surface area contributed by atoms with Crippen molar-refractivity contribution in [2.45, 2.75) is 6.42 Å². The standard InChI is InChI=1S/C15H14F2N2O/c16-12-7-5-11(6-8-12)9-10-18-15(20)19-14-4-2-1-3-13(14)17/h1-8H,9-10H2,(H2,18,19,20). The molecule has 0 radical (unpaired) electrons. The first-order chi connectivity index (χ1) is 9.65. The van der Waals surface area contributed by atoms with Crippen LogP contribution in [0.15, 0.2) is 48.5 Å². The van der Waals surface area contributed by atoms with Crippen molar-refractivity contribution in [2.24, 2.45) is 0 Å². The molecule has 0 saturated heterocycles. The number of hydrogen-bond donors (Lipinski definition) is 2. The van der Waals surface area contributed by atoms with Gasteiger partial charge in [-0.3, -0.25) is 0 Å². The van der Waals surface area contributed by atoms with Gasteiger partial charge in [-0.1, -0.05) is 24.3 Å². The maximum atomic E-state index is 13.3. The molecule has 0 spiro atoms. The molecule has 20 heavy (non-hydrogen) atoms. The number of para-hydroxylation sites is 1. The van der Waals surface area contributed by atoms with Crippen LogP contribution in [-0.2, 0) is 6.42 Å². The number of urea groups is 1. The minimum absolute atomic E-state index is 0.131. The van der Waals surface area contributed by atoms with Crippen molar-refractivity contribution in [3.63, 3.8) is 0 Å². The summed E-state index contributed by atoms with van der Waals surface area (Å²) in [5.74, 6) is -0.778. The van der Waals surface area contributed by atoms with Gasteiger partial charge >= 0.3 is 6.03 Å². The Bertz CT molecular complexity index is 585. The predicted molar refractivity (Wildman–Crippen MR) is 73.5 cm³/mol. The van der Waals surface area contributed by atoms with E-state index in [1.807, 2.05) is 0 Å². The fraction of sp³-hybridized carbons (Fsp3) is 0.133. The highest BCUT2D eigenvalue weighted by molar-refractivity contribution is 5.89. The number of amides is 2. The highest BCUT2D eigenvalue weighted by atomic mass is 19.1. The van der Waals surface area contributed by atoms with Crippen molar-refractivity contribution in [3.05, 3.63) is 65.7 Å². The molecule has 2 aromatic carbocycles. The molecule has 2 rings (SSSR count). The lowest BCUT2D eigenvalue weighted by Gasteiger charge is -2.08. The number of carbonyl (C=O) groups excluding carboxylic acids is 1. The zero-order valence-electron chi connectivity index (χ0n) is 10.7. The number of rotatable bonds is 4. The Morgan fingerprint density at radius 1 is 1.00 bits per heavy atom. The van der Waals surface area contributed by atoms with Gasteiger partial charge in [-0.25, -0.2) is 13.6 Å². The molecule has 0 atom stereocenters. The highest BCUT2D eigenvalue weighted by Crippen LogP contribution is 2.11. The van der Waals surface area contributed by atoms with Gasteiger partial charge in [0.25, 0.3) is 0 Å². The molecular weight excluding hydrogens is 262 g/mol. The molecular formula is C15H14F2N2O. The van der Waals surface area contributed by atoms with Gasteiger partial charge in [0, 0.05) is 6.54 Å². The van der Waals surface area contributed by atoms with Crippen LogP contribution in [-0.4, -0.2) is 12.6 Å². The number of carbonyl (C=O) groups is 1. The van der Waals surface area contributed by atoms with Gasteiger partial charge in [-0.15, -0.1) is 0 Å². The van der Waals surface area contributed by atoms with Gasteiger partial charge < -0.3 is 10.6 Å². The Morgan fingerprint density at radius 3 is 2.40 bits per heavy atom. The van der Waals surface area contributed by atoms with Gasteiger partial charge in [0.05, 0.1) is 5.69 Å². The molecule has 2 N–H and O–H groups in total. The van der Waals surface area contributed by atoms with E-state index in [2.05, 4.69) is 10.6 Å². The molecule has 0 unspecified atom stereocenters. The lowest BCUT2D eigenvalue weighted by atomic mass is 10.1. The highest BCUT2D eigenvalue weighted by Gasteiger charge is 2.05. The average molecular weight is 276 g/mol. The van der Waals surface area contributed by atoms with E-state index < -0.39 is 11.8 Å². The van der Waals surface area contributed by atoms with Crippen molar-refractivity contribution >= 4 is 11.7 Å². The van der Waals surface area contributed by atoms with E-state index in [0.717, 1.165) is 5.56 Å². The van der Waals surface area contributed by atoms with Gasteiger partial charge in [0.2, 0.25) is 0 Å². The van der Waals surface area contributed by atoms with Crippen molar-refractivity contribution < 1.29 is 13.6 Å². The summed E-state index contributed by atoms with van der Waals surface area (Å²) in [5, 5.41) is 5.03. The van der Waals surface area contributed by atoms with Crippen molar-refractivity contribution in [2.75, 3.05) is 11.9 Å². The maximum absolute atomic E-state index is 13.3. The van der Waals surface area contributed by atoms with Crippen molar-refractivity contribution in [1.82, 2.24) is 5.32 Å². The summed E-state index contributed by atoms with van der Waals surface area (Å²) in [4.78, 5) is 11.6. The van der Waals surface area contributed by atoms with Crippen LogP contribution in [0.4, 0.5) is 19.3 Å². The second kappa shape index (κ2) is 6.65. The fourth-order valence-corrected chi connectivity index (χ4v) is 1.70. The minimum Gasteiger partial charge on any atom is -0.338 e. The molecule has 5 heteroatoms. The van der Waals surface area contributed by atoms with E-state index in [4.69, 9.17) is 0 Å². The topological polar surface area (TPSA) is 41.1 Å². The van der Waals surface area contributed by atoms with Crippen LogP contribution in [0.3, 0.4) is 0 Å². The van der Waals surface area contributed by atoms with E-state index >= 15 is 0 Å². The molecule has 0 fully saturated rings. The summed E-state index contributed by atoms with van der Waals surface area (Å²) in [6.45, 7) is 0.381. The summed E-state index contributed by atoms with van der Waals surface area (Å²) in [7, 11) is 0. The summed E-state index contributed by atoms with van der Waals surface area (Å²) in [5.41, 5.74) is 1.05. The van der Waals surface area contributed by atoms with Gasteiger partial charge in [0.15, 0.2) is 0 Å². The second-order valence-corrected chi connectivity index (χ2v) is 4.24. The van der Waals surface area contributed by atoms with Crippen LogP contribution in [0.2, 0.25) is 0 Å². The van der Waals surface area contributed by atoms with Crippen LogP contribution < -0.4 is 10.6 Å². The Morgan fingerprint density at radius 2 is 1.70 bits per heavy atom. The monoisotopic (exact) mass is 276 g/mol. The SMILES string of the molecule is O=C(NCCc1ccc(F)cc1)Nc1ccccc1F. The van der Waals surface area contributed by atoms with Crippen LogP contribution in [0, 0.1) is 11.6 Å². The van der Waals surface area contributed by atoms with Crippen molar-refractivity contribution in [3.8, 4) is 0 Å². The lowest BCUT2D eigenvalue weighted by molar-refractivity contribution is 0.252. The van der Waals surface area contributed by atoms with Crippen LogP contribution in [0.5, 0.6) is 0 Å². The van der Waals surface area contributed by atoms with Gasteiger partial charge in [-0.2, -0.15) is 0 Å². The molecule has 2 aromatic rings. The van der Waals surface area contributed by atoms with E-state index in [1.54, 1.807) is 24.3 Å². The number of halogens is 2. The molecule has 0 saturated carbocycles. The number of anilines is 1. The summed E-state index contributed by atoms with van der Waals surface area (Å²) in [6.07, 6.45) is 0.574. The van der Waals surface area contributed by atoms with Crippen LogP contribution in [0.1, 0.15) is 5.56 Å². The Hall–Kier alpha value is -2.43.